The van der Waals surface area contributed by atoms with Gasteiger partial charge in [0.25, 0.3) is 0 Å². The molecule has 0 spiro atoms. The lowest BCUT2D eigenvalue weighted by Crippen LogP contribution is -2.09. The molecule has 1 rings (SSSR count). The molecule has 0 fully saturated rings. The number of rotatable bonds is 3. The molecular weight excluding hydrogens is 299 g/mol. The van der Waals surface area contributed by atoms with Gasteiger partial charge in [-0.2, -0.15) is 0 Å². The predicted molar refractivity (Wildman–Crippen MR) is 57.5 cm³/mol. The van der Waals surface area contributed by atoms with Gasteiger partial charge in [-0.15, -0.1) is 0 Å². The molecule has 4 nitrogen and oxygen atoms in total. The maximum absolute atomic E-state index is 10.8. The summed E-state index contributed by atoms with van der Waals surface area (Å²) in [5.41, 5.74) is 0.410. The summed E-state index contributed by atoms with van der Waals surface area (Å²) >= 11 is 1.87. The van der Waals surface area contributed by atoms with E-state index < -0.39 is 11.9 Å². The van der Waals surface area contributed by atoms with Crippen LogP contribution in [0.2, 0.25) is 0 Å². The minimum absolute atomic E-state index is 0.0792. The van der Waals surface area contributed by atoms with Gasteiger partial charge in [-0.3, -0.25) is 4.79 Å². The summed E-state index contributed by atoms with van der Waals surface area (Å²) in [4.78, 5) is 21.3. The fourth-order valence-corrected chi connectivity index (χ4v) is 1.90. The molecule has 0 saturated carbocycles. The van der Waals surface area contributed by atoms with Crippen molar-refractivity contribution in [2.45, 2.75) is 6.42 Å². The Kier molecular flexibility index (Phi) is 3.45. The molecule has 0 bridgehead atoms. The minimum Gasteiger partial charge on any atom is -0.481 e. The van der Waals surface area contributed by atoms with E-state index in [1.54, 1.807) is 12.1 Å². The number of halogens is 1. The average Bonchev–Trinajstić information content (AvgIpc) is 2.01. The van der Waals surface area contributed by atoms with Gasteiger partial charge < -0.3 is 10.2 Å². The molecule has 0 aliphatic heterocycles. The minimum atomic E-state index is -1.09. The molecule has 0 amide bonds. The Morgan fingerprint density at radius 3 is 2.43 bits per heavy atom. The van der Waals surface area contributed by atoms with Crippen molar-refractivity contribution in [3.63, 3.8) is 0 Å². The highest BCUT2D eigenvalue weighted by molar-refractivity contribution is 14.1. The molecule has 1 aromatic carbocycles. The number of hydrogen-bond acceptors (Lipinski definition) is 2. The van der Waals surface area contributed by atoms with Crippen molar-refractivity contribution < 1.29 is 19.8 Å². The lowest BCUT2D eigenvalue weighted by Gasteiger charge is -2.04. The van der Waals surface area contributed by atoms with Gasteiger partial charge in [-0.25, -0.2) is 4.79 Å². The molecule has 0 aromatic heterocycles. The Bertz CT molecular complexity index is 386. The van der Waals surface area contributed by atoms with Crippen LogP contribution >= 0.6 is 22.6 Å². The highest BCUT2D eigenvalue weighted by Crippen LogP contribution is 2.17. The van der Waals surface area contributed by atoms with Gasteiger partial charge in [0.15, 0.2) is 0 Å². The summed E-state index contributed by atoms with van der Waals surface area (Å²) in [5, 5.41) is 17.4. The van der Waals surface area contributed by atoms with E-state index >= 15 is 0 Å². The number of aromatic carboxylic acids is 1. The molecule has 0 heterocycles. The zero-order valence-electron chi connectivity index (χ0n) is 7.03. The Morgan fingerprint density at radius 2 is 1.93 bits per heavy atom. The second-order valence-electron chi connectivity index (χ2n) is 2.65. The average molecular weight is 306 g/mol. The van der Waals surface area contributed by atoms with E-state index in [2.05, 4.69) is 0 Å². The van der Waals surface area contributed by atoms with E-state index in [9.17, 15) is 9.59 Å². The standard InChI is InChI=1S/C9H7IO4/c10-6-3-1-2-5(4-7(11)12)8(6)9(13)14/h1-3H,4H2,(H,11,12)(H,13,14). The van der Waals surface area contributed by atoms with E-state index in [0.29, 0.717) is 9.13 Å². The monoisotopic (exact) mass is 306 g/mol. The van der Waals surface area contributed by atoms with Crippen LogP contribution < -0.4 is 0 Å². The number of carbonyl (C=O) groups is 2. The number of carboxylic acids is 2. The fourth-order valence-electron chi connectivity index (χ4n) is 1.12. The van der Waals surface area contributed by atoms with Crippen molar-refractivity contribution in [3.8, 4) is 0 Å². The smallest absolute Gasteiger partial charge is 0.337 e. The van der Waals surface area contributed by atoms with Gasteiger partial charge in [-0.05, 0) is 34.2 Å². The van der Waals surface area contributed by atoms with Crippen LogP contribution in [-0.4, -0.2) is 22.2 Å². The van der Waals surface area contributed by atoms with Crippen molar-refractivity contribution in [1.29, 1.82) is 0 Å². The third kappa shape index (κ3) is 2.44. The van der Waals surface area contributed by atoms with Crippen LogP contribution in [0.3, 0.4) is 0 Å². The van der Waals surface area contributed by atoms with Crippen LogP contribution in [0.4, 0.5) is 0 Å². The third-order valence-corrected chi connectivity index (χ3v) is 2.55. The summed E-state index contributed by atoms with van der Waals surface area (Å²) in [6.07, 6.45) is -0.265. The maximum Gasteiger partial charge on any atom is 0.337 e. The second-order valence-corrected chi connectivity index (χ2v) is 3.81. The molecule has 0 aliphatic rings. The van der Waals surface area contributed by atoms with Crippen LogP contribution in [0, 0.1) is 3.57 Å². The van der Waals surface area contributed by atoms with Gasteiger partial charge in [0, 0.05) is 3.57 Å². The first kappa shape index (κ1) is 11.0. The largest absolute Gasteiger partial charge is 0.481 e. The quantitative estimate of drug-likeness (QED) is 0.832. The van der Waals surface area contributed by atoms with Gasteiger partial charge in [0.05, 0.1) is 12.0 Å². The number of benzene rings is 1. The Hall–Kier alpha value is -1.11. The molecule has 2 N–H and O–H groups in total. The molecule has 74 valence electrons. The first-order valence-electron chi connectivity index (χ1n) is 3.75. The predicted octanol–water partition coefficient (Wildman–Crippen LogP) is 1.62. The number of carboxylic acid groups (broad SMARTS) is 2. The zero-order valence-corrected chi connectivity index (χ0v) is 9.19. The van der Waals surface area contributed by atoms with E-state index in [1.165, 1.54) is 6.07 Å². The van der Waals surface area contributed by atoms with E-state index in [0.717, 1.165) is 0 Å². The lowest BCUT2D eigenvalue weighted by atomic mass is 10.1. The van der Waals surface area contributed by atoms with Crippen LogP contribution in [0.1, 0.15) is 15.9 Å². The van der Waals surface area contributed by atoms with E-state index in [1.807, 2.05) is 22.6 Å². The van der Waals surface area contributed by atoms with Gasteiger partial charge in [-0.1, -0.05) is 12.1 Å². The summed E-state index contributed by atoms with van der Waals surface area (Å²) in [6.45, 7) is 0. The molecule has 0 saturated heterocycles. The Labute approximate surface area is 93.7 Å². The summed E-state index contributed by atoms with van der Waals surface area (Å²) in [7, 11) is 0. The van der Waals surface area contributed by atoms with Gasteiger partial charge >= 0.3 is 11.9 Å². The second kappa shape index (κ2) is 4.41. The normalized spacial score (nSPS) is 9.79. The summed E-state index contributed by atoms with van der Waals surface area (Å²) in [6, 6.07) is 4.79. The van der Waals surface area contributed by atoms with Crippen LogP contribution in [0.25, 0.3) is 0 Å². The topological polar surface area (TPSA) is 74.6 Å². The Balaban J connectivity index is 3.21. The molecule has 14 heavy (non-hydrogen) atoms. The van der Waals surface area contributed by atoms with Crippen molar-refractivity contribution in [1.82, 2.24) is 0 Å². The van der Waals surface area contributed by atoms with Gasteiger partial charge in [0.2, 0.25) is 0 Å². The van der Waals surface area contributed by atoms with Crippen LogP contribution in [0.15, 0.2) is 18.2 Å². The summed E-state index contributed by atoms with van der Waals surface area (Å²) in [5.74, 6) is -2.12. The Morgan fingerprint density at radius 1 is 1.29 bits per heavy atom. The number of aliphatic carboxylic acids is 1. The lowest BCUT2D eigenvalue weighted by molar-refractivity contribution is -0.136. The SMILES string of the molecule is O=C(O)Cc1cccc(I)c1C(=O)O. The molecule has 5 heteroatoms. The fraction of sp³-hybridized carbons (Fsp3) is 0.111. The van der Waals surface area contributed by atoms with E-state index in [-0.39, 0.29) is 12.0 Å². The molecule has 0 radical (unpaired) electrons. The zero-order chi connectivity index (χ0) is 10.7. The van der Waals surface area contributed by atoms with Crippen molar-refractivity contribution in [3.05, 3.63) is 32.9 Å². The van der Waals surface area contributed by atoms with Gasteiger partial charge in [0.1, 0.15) is 0 Å². The van der Waals surface area contributed by atoms with Crippen LogP contribution in [-0.2, 0) is 11.2 Å². The molecule has 0 aliphatic carbocycles. The molecule has 0 atom stereocenters. The molecular formula is C9H7IO4. The maximum atomic E-state index is 10.8. The van der Waals surface area contributed by atoms with Crippen molar-refractivity contribution in [2.24, 2.45) is 0 Å². The van der Waals surface area contributed by atoms with E-state index in [4.69, 9.17) is 10.2 Å². The number of hydrogen-bond donors (Lipinski definition) is 2. The molecule has 1 aromatic rings. The van der Waals surface area contributed by atoms with Crippen LogP contribution in [0.5, 0.6) is 0 Å². The third-order valence-electron chi connectivity index (χ3n) is 1.66. The highest BCUT2D eigenvalue weighted by atomic mass is 127. The molecule has 0 unspecified atom stereocenters. The summed E-state index contributed by atoms with van der Waals surface area (Å²) < 4.78 is 0.550. The van der Waals surface area contributed by atoms with Crippen molar-refractivity contribution >= 4 is 34.5 Å². The first-order chi connectivity index (χ1) is 6.52. The first-order valence-corrected chi connectivity index (χ1v) is 4.82. The van der Waals surface area contributed by atoms with Crippen molar-refractivity contribution in [2.75, 3.05) is 0 Å². The highest BCUT2D eigenvalue weighted by Gasteiger charge is 2.15.